The molecule has 2 aromatic rings. The lowest BCUT2D eigenvalue weighted by atomic mass is 9.95. The van der Waals surface area contributed by atoms with Crippen LogP contribution in [-0.2, 0) is 28.5 Å². The summed E-state index contributed by atoms with van der Waals surface area (Å²) in [7, 11) is 0. The van der Waals surface area contributed by atoms with E-state index in [9.17, 15) is 55.5 Å². The van der Waals surface area contributed by atoms with Crippen LogP contribution in [0, 0.1) is 6.92 Å². The number of aliphatic hydroxyl groups is 9. The van der Waals surface area contributed by atoms with Crippen molar-refractivity contribution >= 4 is 16.9 Å². The smallest absolute Gasteiger partial charge is 0.336 e. The fourth-order valence-electron chi connectivity index (χ4n) is 6.05. The number of aryl methyl sites for hydroxylation is 1. The molecule has 19 nitrogen and oxygen atoms in total. The molecule has 3 aliphatic rings. The molecule has 0 radical (unpaired) electrons. The van der Waals surface area contributed by atoms with Gasteiger partial charge in [0.1, 0.15) is 84.5 Å². The SMILES string of the molecule is CC(=O)NC1[C@H](Oc2ccc3c(C)cc(=O)oc3c2)OC(CO)[C@H](O[C@H]2O[C@H](CO)[C@@H](O)C(O[C@@H]3OC(CO)[C@H](O)[C@H](O)C3O)C2O)[C@@H]1O. The van der Waals surface area contributed by atoms with Crippen LogP contribution in [0.3, 0.4) is 0 Å². The summed E-state index contributed by atoms with van der Waals surface area (Å²) < 4.78 is 39.4. The van der Waals surface area contributed by atoms with E-state index in [-0.39, 0.29) is 11.3 Å². The highest BCUT2D eigenvalue weighted by atomic mass is 16.8. The molecular weight excluding hydrogens is 662 g/mol. The monoisotopic (exact) mass is 703 g/mol. The molecule has 0 bridgehead atoms. The van der Waals surface area contributed by atoms with Crippen LogP contribution >= 0.6 is 0 Å². The summed E-state index contributed by atoms with van der Waals surface area (Å²) in [6, 6.07) is 4.52. The molecular formula is C30H41NO18. The topological polar surface area (TPSA) is 297 Å². The number of carbonyl (C=O) groups is 1. The Bertz CT molecular complexity index is 1490. The van der Waals surface area contributed by atoms with Gasteiger partial charge in [-0.15, -0.1) is 0 Å². The van der Waals surface area contributed by atoms with Crippen LogP contribution in [-0.4, -0.2) is 164 Å². The standard InChI is InChI=1S/C30H41NO18/c1-10-5-18(36)44-14-6-12(3-4-13(10)14)43-28-19(31-11(2)35)22(39)26(17(9-34)47-28)48-30-25(42)27(21(38)16(8-33)46-30)49-29-24(41)23(40)20(37)15(7-32)45-29/h3-6,15-17,19-30,32-34,37-42H,7-9H2,1-2H3,(H,31,35)/t15?,16-,17?,19?,20+,21-,22-,23+,24?,25?,26+,27?,28-,29+,30-/m1/s1. The van der Waals surface area contributed by atoms with Crippen LogP contribution in [0.2, 0.25) is 0 Å². The highest BCUT2D eigenvalue weighted by molar-refractivity contribution is 5.81. The van der Waals surface area contributed by atoms with E-state index in [1.165, 1.54) is 18.2 Å². The van der Waals surface area contributed by atoms with E-state index in [2.05, 4.69) is 5.32 Å². The molecule has 15 atom stereocenters. The van der Waals surface area contributed by atoms with Crippen molar-refractivity contribution in [3.8, 4) is 5.75 Å². The molecule has 1 aromatic carbocycles. The molecule has 49 heavy (non-hydrogen) atoms. The van der Waals surface area contributed by atoms with Crippen molar-refractivity contribution in [3.63, 3.8) is 0 Å². The Morgan fingerprint density at radius 1 is 0.735 bits per heavy atom. The van der Waals surface area contributed by atoms with Crippen LogP contribution in [0.4, 0.5) is 0 Å². The first-order valence-corrected chi connectivity index (χ1v) is 15.4. The van der Waals surface area contributed by atoms with Gasteiger partial charge in [0.05, 0.1) is 19.8 Å². The third kappa shape index (κ3) is 7.75. The zero-order chi connectivity index (χ0) is 35.7. The molecule has 3 saturated heterocycles. The maximum absolute atomic E-state index is 12.2. The van der Waals surface area contributed by atoms with Crippen LogP contribution < -0.4 is 15.7 Å². The Morgan fingerprint density at radius 3 is 1.96 bits per heavy atom. The number of hydrogen-bond acceptors (Lipinski definition) is 18. The van der Waals surface area contributed by atoms with E-state index in [4.69, 9.17) is 32.8 Å². The van der Waals surface area contributed by atoms with Gasteiger partial charge in [-0.2, -0.15) is 0 Å². The zero-order valence-electron chi connectivity index (χ0n) is 26.3. The second-order valence-electron chi connectivity index (χ2n) is 12.1. The number of aliphatic hydroxyl groups excluding tert-OH is 9. The molecule has 1 aromatic heterocycles. The number of fused-ring (bicyclic) bond motifs is 1. The van der Waals surface area contributed by atoms with Crippen LogP contribution in [0.5, 0.6) is 5.75 Å². The molecule has 3 aliphatic heterocycles. The molecule has 0 aliphatic carbocycles. The molecule has 0 saturated carbocycles. The number of nitrogens with one attached hydrogen (secondary N) is 1. The lowest BCUT2D eigenvalue weighted by Crippen LogP contribution is -2.68. The summed E-state index contributed by atoms with van der Waals surface area (Å²) in [5.41, 5.74) is 0.258. The van der Waals surface area contributed by atoms with Crippen molar-refractivity contribution in [1.29, 1.82) is 0 Å². The predicted molar refractivity (Wildman–Crippen MR) is 158 cm³/mol. The van der Waals surface area contributed by atoms with Crippen molar-refractivity contribution in [2.45, 2.75) is 106 Å². The lowest BCUT2D eigenvalue weighted by molar-refractivity contribution is -0.374. The van der Waals surface area contributed by atoms with Crippen molar-refractivity contribution in [2.24, 2.45) is 0 Å². The summed E-state index contributed by atoms with van der Waals surface area (Å²) in [6.07, 6.45) is -23.6. The first kappa shape index (κ1) is 37.4. The quantitative estimate of drug-likeness (QED) is 0.104. The van der Waals surface area contributed by atoms with E-state index in [1.54, 1.807) is 13.0 Å². The predicted octanol–water partition coefficient (Wildman–Crippen LogP) is -4.93. The number of carbonyl (C=O) groups excluding carboxylic acids is 1. The van der Waals surface area contributed by atoms with Crippen molar-refractivity contribution in [3.05, 3.63) is 40.2 Å². The Kier molecular flexibility index (Phi) is 11.9. The zero-order valence-corrected chi connectivity index (χ0v) is 26.3. The molecule has 0 spiro atoms. The second-order valence-corrected chi connectivity index (χ2v) is 12.1. The largest absolute Gasteiger partial charge is 0.462 e. The molecule has 274 valence electrons. The summed E-state index contributed by atoms with van der Waals surface area (Å²) in [5.74, 6) is -0.503. The van der Waals surface area contributed by atoms with Gasteiger partial charge in [-0.1, -0.05) is 0 Å². The van der Waals surface area contributed by atoms with Crippen LogP contribution in [0.25, 0.3) is 11.0 Å². The van der Waals surface area contributed by atoms with Gasteiger partial charge in [0, 0.05) is 24.4 Å². The van der Waals surface area contributed by atoms with Gasteiger partial charge >= 0.3 is 5.63 Å². The maximum Gasteiger partial charge on any atom is 0.336 e. The summed E-state index contributed by atoms with van der Waals surface area (Å²) in [4.78, 5) is 24.1. The Balaban J connectivity index is 1.36. The highest BCUT2D eigenvalue weighted by Gasteiger charge is 2.54. The van der Waals surface area contributed by atoms with Gasteiger partial charge < -0.3 is 84.1 Å². The molecule has 10 N–H and O–H groups in total. The number of benzene rings is 1. The molecule has 5 rings (SSSR count). The van der Waals surface area contributed by atoms with Crippen LogP contribution in [0.1, 0.15) is 12.5 Å². The van der Waals surface area contributed by atoms with E-state index in [0.29, 0.717) is 10.9 Å². The minimum atomic E-state index is -1.96. The van der Waals surface area contributed by atoms with E-state index < -0.39 is 123 Å². The fourth-order valence-corrected chi connectivity index (χ4v) is 6.05. The Hall–Kier alpha value is -2.86. The van der Waals surface area contributed by atoms with Gasteiger partial charge in [0.2, 0.25) is 12.2 Å². The van der Waals surface area contributed by atoms with Crippen molar-refractivity contribution in [1.82, 2.24) is 5.32 Å². The van der Waals surface area contributed by atoms with E-state index >= 15 is 0 Å². The summed E-state index contributed by atoms with van der Waals surface area (Å²) in [5, 5.41) is 96.9. The minimum absolute atomic E-state index is 0.115. The molecule has 19 heteroatoms. The molecule has 3 fully saturated rings. The van der Waals surface area contributed by atoms with Gasteiger partial charge in [-0.3, -0.25) is 4.79 Å². The maximum atomic E-state index is 12.2. The first-order chi connectivity index (χ1) is 23.3. The molecule has 4 heterocycles. The van der Waals surface area contributed by atoms with Gasteiger partial charge in [0.15, 0.2) is 12.6 Å². The van der Waals surface area contributed by atoms with Crippen molar-refractivity contribution in [2.75, 3.05) is 19.8 Å². The third-order valence-corrected chi connectivity index (χ3v) is 8.65. The lowest BCUT2D eigenvalue weighted by Gasteiger charge is -2.48. The van der Waals surface area contributed by atoms with E-state index in [1.807, 2.05) is 0 Å². The average molecular weight is 704 g/mol. The Morgan fingerprint density at radius 2 is 1.33 bits per heavy atom. The highest BCUT2D eigenvalue weighted by Crippen LogP contribution is 2.33. The Labute approximate surface area is 277 Å². The van der Waals surface area contributed by atoms with Crippen molar-refractivity contribution < 1.29 is 83.6 Å². The molecule has 6 unspecified atom stereocenters. The number of ether oxygens (including phenoxy) is 6. The normalized spacial score (nSPS) is 39.9. The van der Waals surface area contributed by atoms with Gasteiger partial charge in [-0.05, 0) is 24.6 Å². The van der Waals surface area contributed by atoms with Crippen LogP contribution in [0.15, 0.2) is 33.5 Å². The fraction of sp³-hybridized carbons (Fsp3) is 0.667. The summed E-state index contributed by atoms with van der Waals surface area (Å²) in [6.45, 7) is 0.464. The average Bonchev–Trinajstić information content (AvgIpc) is 3.06. The van der Waals surface area contributed by atoms with E-state index in [0.717, 1.165) is 6.92 Å². The molecule has 1 amide bonds. The van der Waals surface area contributed by atoms with Gasteiger partial charge in [0.25, 0.3) is 0 Å². The third-order valence-electron chi connectivity index (χ3n) is 8.65. The van der Waals surface area contributed by atoms with Gasteiger partial charge in [-0.25, -0.2) is 4.79 Å². The number of hydrogen-bond donors (Lipinski definition) is 10. The number of rotatable bonds is 10. The minimum Gasteiger partial charge on any atom is -0.462 e. The second kappa shape index (κ2) is 15.6. The summed E-state index contributed by atoms with van der Waals surface area (Å²) >= 11 is 0. The number of amides is 1. The first-order valence-electron chi connectivity index (χ1n) is 15.4.